The lowest BCUT2D eigenvalue weighted by Gasteiger charge is -2.33. The molecule has 0 aromatic heterocycles. The van der Waals surface area contributed by atoms with Gasteiger partial charge in [0.25, 0.3) is 5.91 Å². The lowest BCUT2D eigenvalue weighted by Crippen LogP contribution is -2.48. The molecule has 2 aromatic carbocycles. The first-order chi connectivity index (χ1) is 14.3. The highest BCUT2D eigenvalue weighted by atomic mass is 32.2. The van der Waals surface area contributed by atoms with E-state index in [1.807, 2.05) is 38.1 Å². The van der Waals surface area contributed by atoms with Crippen molar-refractivity contribution in [3.8, 4) is 22.9 Å². The Morgan fingerprint density at radius 2 is 1.77 bits per heavy atom. The van der Waals surface area contributed by atoms with Gasteiger partial charge in [0.2, 0.25) is 0 Å². The van der Waals surface area contributed by atoms with Crippen LogP contribution in [0.1, 0.15) is 32.3 Å². The van der Waals surface area contributed by atoms with Crippen LogP contribution in [-0.2, 0) is 14.6 Å². The average Bonchev–Trinajstić information content (AvgIpc) is 3.11. The van der Waals surface area contributed by atoms with Gasteiger partial charge in [-0.05, 0) is 55.2 Å². The van der Waals surface area contributed by atoms with E-state index in [4.69, 9.17) is 10.00 Å². The zero-order chi connectivity index (χ0) is 21.7. The number of amides is 1. The molecule has 3 rings (SSSR count). The van der Waals surface area contributed by atoms with Gasteiger partial charge in [-0.15, -0.1) is 0 Å². The molecule has 1 saturated heterocycles. The summed E-state index contributed by atoms with van der Waals surface area (Å²) in [5.74, 6) is 0.546. The van der Waals surface area contributed by atoms with Crippen molar-refractivity contribution < 1.29 is 17.9 Å². The largest absolute Gasteiger partial charge is 0.484 e. The predicted molar refractivity (Wildman–Crippen MR) is 116 cm³/mol. The molecule has 1 heterocycles. The van der Waals surface area contributed by atoms with Crippen molar-refractivity contribution >= 4 is 15.7 Å². The van der Waals surface area contributed by atoms with Crippen LogP contribution in [0.3, 0.4) is 0 Å². The predicted octanol–water partition coefficient (Wildman–Crippen LogP) is 3.42. The van der Waals surface area contributed by atoms with Gasteiger partial charge in [-0.3, -0.25) is 4.79 Å². The molecule has 0 unspecified atom stereocenters. The quantitative estimate of drug-likeness (QED) is 0.677. The first-order valence-corrected chi connectivity index (χ1v) is 11.9. The smallest absolute Gasteiger partial charge is 0.261 e. The van der Waals surface area contributed by atoms with Crippen LogP contribution in [-0.4, -0.2) is 49.4 Å². The zero-order valence-electron chi connectivity index (χ0n) is 17.2. The average molecular weight is 427 g/mol. The Morgan fingerprint density at radius 3 is 2.27 bits per heavy atom. The van der Waals surface area contributed by atoms with E-state index in [-0.39, 0.29) is 36.1 Å². The first-order valence-electron chi connectivity index (χ1n) is 10.1. The van der Waals surface area contributed by atoms with E-state index in [1.165, 1.54) is 0 Å². The Bertz CT molecular complexity index is 1020. The Morgan fingerprint density at radius 1 is 1.17 bits per heavy atom. The maximum Gasteiger partial charge on any atom is 0.261 e. The number of ether oxygens (including phenoxy) is 1. The van der Waals surface area contributed by atoms with Crippen LogP contribution in [0.2, 0.25) is 0 Å². The van der Waals surface area contributed by atoms with Crippen molar-refractivity contribution in [3.05, 3.63) is 54.1 Å². The Kier molecular flexibility index (Phi) is 6.78. The van der Waals surface area contributed by atoms with Gasteiger partial charge in [-0.1, -0.05) is 31.2 Å². The van der Waals surface area contributed by atoms with Crippen LogP contribution in [0.4, 0.5) is 0 Å². The second kappa shape index (κ2) is 9.31. The number of nitrogens with zero attached hydrogens (tertiary/aromatic N) is 2. The molecule has 1 aliphatic rings. The summed E-state index contributed by atoms with van der Waals surface area (Å²) in [7, 11) is -3.07. The Hall–Kier alpha value is -2.85. The molecule has 2 aromatic rings. The number of rotatable bonds is 7. The number of benzene rings is 2. The van der Waals surface area contributed by atoms with Crippen LogP contribution in [0.5, 0.6) is 5.75 Å². The molecule has 0 N–H and O–H groups in total. The fourth-order valence-electron chi connectivity index (χ4n) is 3.70. The van der Waals surface area contributed by atoms with Gasteiger partial charge < -0.3 is 9.64 Å². The van der Waals surface area contributed by atoms with Gasteiger partial charge in [-0.25, -0.2) is 8.42 Å². The number of hydrogen-bond acceptors (Lipinski definition) is 5. The molecule has 158 valence electrons. The van der Waals surface area contributed by atoms with Crippen LogP contribution in [0, 0.1) is 11.3 Å². The topological polar surface area (TPSA) is 87.5 Å². The minimum absolute atomic E-state index is 0.0301. The van der Waals surface area contributed by atoms with Crippen LogP contribution < -0.4 is 4.74 Å². The van der Waals surface area contributed by atoms with E-state index in [9.17, 15) is 13.2 Å². The fraction of sp³-hybridized carbons (Fsp3) is 0.391. The van der Waals surface area contributed by atoms with Gasteiger partial charge in [0, 0.05) is 12.1 Å². The molecule has 1 aliphatic heterocycles. The number of carbonyl (C=O) groups is 1. The number of nitriles is 1. The molecule has 0 aliphatic carbocycles. The lowest BCUT2D eigenvalue weighted by atomic mass is 10.0. The summed E-state index contributed by atoms with van der Waals surface area (Å²) in [5, 5.41) is 8.90. The summed E-state index contributed by atoms with van der Waals surface area (Å²) >= 11 is 0. The SMILES string of the molecule is CC[C@H](C)N(C(=O)COc1ccc(-c2ccc(C#N)cc2)cc1)[C@H]1CCS(=O)(=O)C1. The Labute approximate surface area is 178 Å². The van der Waals surface area contributed by atoms with Crippen molar-refractivity contribution in [2.75, 3.05) is 18.1 Å². The molecule has 1 fully saturated rings. The van der Waals surface area contributed by atoms with E-state index in [1.54, 1.807) is 29.2 Å². The van der Waals surface area contributed by atoms with Gasteiger partial charge >= 0.3 is 0 Å². The molecule has 30 heavy (non-hydrogen) atoms. The van der Waals surface area contributed by atoms with Gasteiger partial charge in [-0.2, -0.15) is 5.26 Å². The molecule has 0 spiro atoms. The molecule has 0 bridgehead atoms. The third-order valence-corrected chi connectivity index (χ3v) is 7.27. The molecular weight excluding hydrogens is 400 g/mol. The van der Waals surface area contributed by atoms with E-state index < -0.39 is 9.84 Å². The summed E-state index contributed by atoms with van der Waals surface area (Å²) in [5.41, 5.74) is 2.58. The van der Waals surface area contributed by atoms with Crippen LogP contribution in [0.25, 0.3) is 11.1 Å². The second-order valence-electron chi connectivity index (χ2n) is 7.62. The van der Waals surface area contributed by atoms with Gasteiger partial charge in [0.1, 0.15) is 5.75 Å². The number of carbonyl (C=O) groups excluding carboxylic acids is 1. The van der Waals surface area contributed by atoms with Gasteiger partial charge in [0.05, 0.1) is 23.1 Å². The highest BCUT2D eigenvalue weighted by Gasteiger charge is 2.36. The summed E-state index contributed by atoms with van der Waals surface area (Å²) < 4.78 is 29.4. The molecule has 0 radical (unpaired) electrons. The summed E-state index contributed by atoms with van der Waals surface area (Å²) in [6.07, 6.45) is 1.24. The first kappa shape index (κ1) is 21.8. The molecule has 1 amide bonds. The minimum atomic E-state index is -3.07. The van der Waals surface area contributed by atoms with Crippen molar-refractivity contribution in [1.82, 2.24) is 4.90 Å². The maximum atomic E-state index is 12.8. The lowest BCUT2D eigenvalue weighted by molar-refractivity contribution is -0.137. The molecule has 6 nitrogen and oxygen atoms in total. The molecule has 7 heteroatoms. The van der Waals surface area contributed by atoms with E-state index in [0.717, 1.165) is 17.5 Å². The fourth-order valence-corrected chi connectivity index (χ4v) is 5.41. The van der Waals surface area contributed by atoms with E-state index >= 15 is 0 Å². The highest BCUT2D eigenvalue weighted by Crippen LogP contribution is 2.24. The minimum Gasteiger partial charge on any atom is -0.484 e. The van der Waals surface area contributed by atoms with E-state index in [0.29, 0.717) is 17.7 Å². The molecule has 2 atom stereocenters. The monoisotopic (exact) mass is 426 g/mol. The van der Waals surface area contributed by atoms with Crippen molar-refractivity contribution in [3.63, 3.8) is 0 Å². The normalized spacial score (nSPS) is 18.4. The van der Waals surface area contributed by atoms with Gasteiger partial charge in [0.15, 0.2) is 16.4 Å². The Balaban J connectivity index is 1.64. The number of hydrogen-bond donors (Lipinski definition) is 0. The van der Waals surface area contributed by atoms with Crippen molar-refractivity contribution in [1.29, 1.82) is 5.26 Å². The second-order valence-corrected chi connectivity index (χ2v) is 9.85. The third kappa shape index (κ3) is 5.19. The van der Waals surface area contributed by atoms with Crippen molar-refractivity contribution in [2.24, 2.45) is 0 Å². The summed E-state index contributed by atoms with van der Waals surface area (Å²) in [6, 6.07) is 16.5. The van der Waals surface area contributed by atoms with Crippen LogP contribution in [0.15, 0.2) is 48.5 Å². The molecule has 0 saturated carbocycles. The van der Waals surface area contributed by atoms with Crippen LogP contribution >= 0.6 is 0 Å². The standard InChI is InChI=1S/C23H26N2O4S/c1-3-17(2)25(21-12-13-30(27,28)16-21)23(26)15-29-22-10-8-20(9-11-22)19-6-4-18(14-24)5-7-19/h4-11,17,21H,3,12-13,15-16H2,1-2H3/t17-,21-/m0/s1. The molecular formula is C23H26N2O4S. The number of sulfone groups is 1. The summed E-state index contributed by atoms with van der Waals surface area (Å²) in [6.45, 7) is 3.80. The zero-order valence-corrected chi connectivity index (χ0v) is 18.1. The highest BCUT2D eigenvalue weighted by molar-refractivity contribution is 7.91. The van der Waals surface area contributed by atoms with Crippen molar-refractivity contribution in [2.45, 2.75) is 38.8 Å². The summed E-state index contributed by atoms with van der Waals surface area (Å²) in [4.78, 5) is 14.5. The van der Waals surface area contributed by atoms with E-state index in [2.05, 4.69) is 6.07 Å². The third-order valence-electron chi connectivity index (χ3n) is 5.52. The maximum absolute atomic E-state index is 12.8.